The second kappa shape index (κ2) is 5.31. The number of fused-ring (bicyclic) bond motifs is 1. The Morgan fingerprint density at radius 2 is 2.25 bits per heavy atom. The zero-order valence-corrected chi connectivity index (χ0v) is 12.4. The van der Waals surface area contributed by atoms with Crippen molar-refractivity contribution in [3.05, 3.63) is 35.7 Å². The number of benzene rings is 1. The highest BCUT2D eigenvalue weighted by molar-refractivity contribution is 7.89. The maximum atomic E-state index is 11.4. The number of nitrogens with two attached hydrogens (primary N) is 1. The second-order valence-electron chi connectivity index (χ2n) is 4.09. The number of sulfonamides is 1. The molecule has 1 heterocycles. The van der Waals surface area contributed by atoms with E-state index >= 15 is 0 Å². The molecule has 1 amide bonds. The minimum Gasteiger partial charge on any atom is -0.313 e. The molecule has 0 unspecified atom stereocenters. The summed E-state index contributed by atoms with van der Waals surface area (Å²) >= 11 is 1.23. The van der Waals surface area contributed by atoms with Crippen molar-refractivity contribution in [3.8, 4) is 0 Å². The van der Waals surface area contributed by atoms with E-state index in [1.807, 2.05) is 0 Å². The maximum Gasteiger partial charge on any atom is 0.245 e. The molecule has 0 saturated heterocycles. The number of hydrogen-bond acceptors (Lipinski definition) is 4. The van der Waals surface area contributed by atoms with Crippen molar-refractivity contribution in [2.75, 3.05) is 0 Å². The zero-order chi connectivity index (χ0) is 14.9. The molecule has 8 heteroatoms. The van der Waals surface area contributed by atoms with E-state index in [0.717, 1.165) is 5.52 Å². The van der Waals surface area contributed by atoms with Crippen LogP contribution in [0, 0.1) is 0 Å². The molecular formula is C12H13N3O3S2. The summed E-state index contributed by atoms with van der Waals surface area (Å²) in [6.07, 6.45) is 1.68. The van der Waals surface area contributed by atoms with Crippen LogP contribution in [-0.4, -0.2) is 18.9 Å². The van der Waals surface area contributed by atoms with Gasteiger partial charge in [-0.3, -0.25) is 4.79 Å². The molecule has 0 saturated carbocycles. The summed E-state index contributed by atoms with van der Waals surface area (Å²) in [5, 5.41) is 5.11. The smallest absolute Gasteiger partial charge is 0.245 e. The number of amides is 1. The third-order valence-electron chi connectivity index (χ3n) is 2.55. The molecule has 0 atom stereocenters. The van der Waals surface area contributed by atoms with E-state index in [9.17, 15) is 13.2 Å². The van der Waals surface area contributed by atoms with Crippen molar-refractivity contribution >= 4 is 37.5 Å². The number of primary sulfonamides is 1. The third-order valence-corrected chi connectivity index (χ3v) is 4.50. The minimum atomic E-state index is -3.75. The first-order valence-corrected chi connectivity index (χ1v) is 8.01. The number of rotatable bonds is 3. The van der Waals surface area contributed by atoms with E-state index in [1.165, 1.54) is 30.4 Å². The van der Waals surface area contributed by atoms with Crippen LogP contribution in [0.4, 0.5) is 0 Å². The van der Waals surface area contributed by atoms with Crippen LogP contribution in [0.3, 0.4) is 0 Å². The molecule has 2 rings (SSSR count). The van der Waals surface area contributed by atoms with E-state index in [4.69, 9.17) is 5.14 Å². The van der Waals surface area contributed by atoms with Gasteiger partial charge in [-0.05, 0) is 18.2 Å². The Kier molecular flexibility index (Phi) is 3.89. The highest BCUT2D eigenvalue weighted by Gasteiger charge is 2.12. The number of nitrogens with zero attached hydrogens (tertiary/aromatic N) is 2. The van der Waals surface area contributed by atoms with Crippen molar-refractivity contribution in [2.24, 2.45) is 10.1 Å². The molecule has 20 heavy (non-hydrogen) atoms. The molecule has 0 aliphatic carbocycles. The lowest BCUT2D eigenvalue weighted by atomic mass is 10.3. The number of allylic oxidation sites excluding steroid dienone is 1. The van der Waals surface area contributed by atoms with Crippen LogP contribution >= 0.6 is 11.3 Å². The zero-order valence-electron chi connectivity index (χ0n) is 10.7. The van der Waals surface area contributed by atoms with Gasteiger partial charge in [0.05, 0.1) is 15.1 Å². The maximum absolute atomic E-state index is 11.4. The normalized spacial score (nSPS) is 12.8. The molecule has 6 nitrogen and oxygen atoms in total. The quantitative estimate of drug-likeness (QED) is 0.856. The van der Waals surface area contributed by atoms with Crippen LogP contribution in [0.25, 0.3) is 10.2 Å². The Labute approximate surface area is 119 Å². The summed E-state index contributed by atoms with van der Waals surface area (Å²) in [6, 6.07) is 4.56. The molecule has 0 fully saturated rings. The van der Waals surface area contributed by atoms with Crippen LogP contribution in [0.1, 0.15) is 6.92 Å². The van der Waals surface area contributed by atoms with Gasteiger partial charge in [0.15, 0.2) is 4.80 Å². The van der Waals surface area contributed by atoms with Crippen LogP contribution in [-0.2, 0) is 21.4 Å². The van der Waals surface area contributed by atoms with E-state index in [-0.39, 0.29) is 10.8 Å². The SMILES string of the molecule is C=CCn1c(=NC(C)=O)sc2cc(S(N)(=O)=O)ccc21. The van der Waals surface area contributed by atoms with Crippen molar-refractivity contribution in [1.82, 2.24) is 4.57 Å². The highest BCUT2D eigenvalue weighted by atomic mass is 32.2. The minimum absolute atomic E-state index is 0.0337. The van der Waals surface area contributed by atoms with E-state index in [0.29, 0.717) is 16.0 Å². The lowest BCUT2D eigenvalue weighted by Crippen LogP contribution is -2.15. The predicted octanol–water partition coefficient (Wildman–Crippen LogP) is 0.983. The molecular weight excluding hydrogens is 298 g/mol. The fraction of sp³-hybridized carbons (Fsp3) is 0.167. The molecule has 0 bridgehead atoms. The van der Waals surface area contributed by atoms with Crippen LogP contribution in [0.5, 0.6) is 0 Å². The first-order chi connectivity index (χ1) is 9.32. The van der Waals surface area contributed by atoms with E-state index in [2.05, 4.69) is 11.6 Å². The number of thiazole rings is 1. The fourth-order valence-electron chi connectivity index (χ4n) is 1.76. The summed E-state index contributed by atoms with van der Waals surface area (Å²) in [5.41, 5.74) is 0.780. The molecule has 0 radical (unpaired) electrons. The summed E-state index contributed by atoms with van der Waals surface area (Å²) in [7, 11) is -3.75. The Balaban J connectivity index is 2.80. The van der Waals surface area contributed by atoms with Gasteiger partial charge in [-0.2, -0.15) is 4.99 Å². The van der Waals surface area contributed by atoms with E-state index < -0.39 is 10.0 Å². The molecule has 0 aliphatic rings. The molecule has 2 aromatic rings. The number of carbonyl (C=O) groups is 1. The van der Waals surface area contributed by atoms with Gasteiger partial charge in [0.2, 0.25) is 15.9 Å². The summed E-state index contributed by atoms with van der Waals surface area (Å²) in [5.74, 6) is -0.318. The van der Waals surface area contributed by atoms with Gasteiger partial charge in [-0.25, -0.2) is 13.6 Å². The standard InChI is InChI=1S/C12H13N3O3S2/c1-3-6-15-10-5-4-9(20(13,17)18)7-11(10)19-12(15)14-8(2)16/h3-5,7H,1,6H2,2H3,(H2,13,17,18). The Hall–Kier alpha value is -1.77. The van der Waals surface area contributed by atoms with Gasteiger partial charge < -0.3 is 4.57 Å². The largest absolute Gasteiger partial charge is 0.313 e. The second-order valence-corrected chi connectivity index (χ2v) is 6.66. The Morgan fingerprint density at radius 3 is 2.80 bits per heavy atom. The number of aromatic nitrogens is 1. The fourth-order valence-corrected chi connectivity index (χ4v) is 3.49. The highest BCUT2D eigenvalue weighted by Crippen LogP contribution is 2.21. The van der Waals surface area contributed by atoms with Gasteiger partial charge >= 0.3 is 0 Å². The summed E-state index contributed by atoms with van der Waals surface area (Å²) < 4.78 is 25.2. The van der Waals surface area contributed by atoms with Gasteiger partial charge in [0.25, 0.3) is 0 Å². The molecule has 106 valence electrons. The van der Waals surface area contributed by atoms with E-state index in [1.54, 1.807) is 16.7 Å². The number of hydrogen-bond donors (Lipinski definition) is 1. The van der Waals surface area contributed by atoms with Gasteiger partial charge in [0.1, 0.15) is 0 Å². The Morgan fingerprint density at radius 1 is 1.55 bits per heavy atom. The Bertz CT molecular complexity index is 860. The van der Waals surface area contributed by atoms with Crippen molar-refractivity contribution in [1.29, 1.82) is 0 Å². The summed E-state index contributed by atoms with van der Waals surface area (Å²) in [4.78, 5) is 15.6. The average molecular weight is 311 g/mol. The lowest BCUT2D eigenvalue weighted by Gasteiger charge is -2.01. The van der Waals surface area contributed by atoms with Gasteiger partial charge in [-0.15, -0.1) is 6.58 Å². The molecule has 1 aromatic heterocycles. The molecule has 2 N–H and O–H groups in total. The van der Waals surface area contributed by atoms with Crippen LogP contribution in [0.2, 0.25) is 0 Å². The van der Waals surface area contributed by atoms with Crippen molar-refractivity contribution < 1.29 is 13.2 Å². The average Bonchev–Trinajstić information content (AvgIpc) is 2.65. The van der Waals surface area contributed by atoms with Gasteiger partial charge in [0, 0.05) is 13.5 Å². The molecule has 1 aromatic carbocycles. The summed E-state index contributed by atoms with van der Waals surface area (Å²) in [6.45, 7) is 5.49. The first-order valence-electron chi connectivity index (χ1n) is 5.65. The van der Waals surface area contributed by atoms with Crippen molar-refractivity contribution in [3.63, 3.8) is 0 Å². The molecule has 0 aliphatic heterocycles. The predicted molar refractivity (Wildman–Crippen MR) is 77.6 cm³/mol. The number of carbonyl (C=O) groups excluding carboxylic acids is 1. The monoisotopic (exact) mass is 311 g/mol. The van der Waals surface area contributed by atoms with Crippen LogP contribution in [0.15, 0.2) is 40.7 Å². The topological polar surface area (TPSA) is 94.5 Å². The third kappa shape index (κ3) is 2.87. The van der Waals surface area contributed by atoms with Crippen molar-refractivity contribution in [2.45, 2.75) is 18.4 Å². The van der Waals surface area contributed by atoms with Gasteiger partial charge in [-0.1, -0.05) is 17.4 Å². The molecule has 0 spiro atoms. The van der Waals surface area contributed by atoms with Crippen LogP contribution < -0.4 is 9.94 Å². The lowest BCUT2D eigenvalue weighted by molar-refractivity contribution is -0.116. The first kappa shape index (κ1) is 14.6.